The molecule has 0 saturated carbocycles. The van der Waals surface area contributed by atoms with Crippen molar-refractivity contribution in [1.29, 1.82) is 0 Å². The Kier molecular flexibility index (Phi) is 4.49. The number of hydrogen-bond acceptors (Lipinski definition) is 3. The monoisotopic (exact) mass is 209 g/mol. The lowest BCUT2D eigenvalue weighted by atomic mass is 10.1. The van der Waals surface area contributed by atoms with Gasteiger partial charge in [0.2, 0.25) is 0 Å². The molecule has 84 valence electrons. The zero-order valence-corrected chi connectivity index (χ0v) is 9.63. The predicted octanol–water partition coefficient (Wildman–Crippen LogP) is 0.730. The normalized spacial score (nSPS) is 10.9. The number of nitrogens with zero attached hydrogens (tertiary/aromatic N) is 1. The van der Waals surface area contributed by atoms with E-state index in [2.05, 4.69) is 29.1 Å². The molecular formula is C11H19N3O. The van der Waals surface area contributed by atoms with E-state index in [1.807, 2.05) is 7.05 Å². The molecule has 0 atom stereocenters. The molecule has 15 heavy (non-hydrogen) atoms. The molecule has 0 unspecified atom stereocenters. The molecule has 1 rings (SSSR count). The molecule has 4 heteroatoms. The molecule has 0 amide bonds. The van der Waals surface area contributed by atoms with Crippen molar-refractivity contribution in [3.8, 4) is 0 Å². The highest BCUT2D eigenvalue weighted by Crippen LogP contribution is 2.02. The van der Waals surface area contributed by atoms with Gasteiger partial charge in [0.05, 0.1) is 0 Å². The van der Waals surface area contributed by atoms with Gasteiger partial charge in [0, 0.05) is 24.7 Å². The third kappa shape index (κ3) is 4.25. The van der Waals surface area contributed by atoms with Crippen LogP contribution >= 0.6 is 0 Å². The summed E-state index contributed by atoms with van der Waals surface area (Å²) in [5, 5.41) is 3.03. The zero-order valence-electron chi connectivity index (χ0n) is 9.63. The van der Waals surface area contributed by atoms with E-state index in [9.17, 15) is 4.79 Å². The summed E-state index contributed by atoms with van der Waals surface area (Å²) in [6.07, 6.45) is 1.62. The van der Waals surface area contributed by atoms with Crippen LogP contribution in [0.4, 0.5) is 0 Å². The highest BCUT2D eigenvalue weighted by atomic mass is 16.1. The molecule has 2 N–H and O–H groups in total. The summed E-state index contributed by atoms with van der Waals surface area (Å²) in [7, 11) is 1.88. The second-order valence-electron chi connectivity index (χ2n) is 4.13. The molecule has 0 fully saturated rings. The Labute approximate surface area is 90.1 Å². The Morgan fingerprint density at radius 1 is 1.53 bits per heavy atom. The first-order valence-corrected chi connectivity index (χ1v) is 5.35. The predicted molar refractivity (Wildman–Crippen MR) is 61.0 cm³/mol. The second-order valence-corrected chi connectivity index (χ2v) is 4.13. The van der Waals surface area contributed by atoms with E-state index in [1.165, 1.54) is 0 Å². The van der Waals surface area contributed by atoms with Crippen LogP contribution < -0.4 is 10.9 Å². The van der Waals surface area contributed by atoms with Crippen LogP contribution in [0.3, 0.4) is 0 Å². The maximum absolute atomic E-state index is 11.3. The van der Waals surface area contributed by atoms with Gasteiger partial charge in [-0.2, -0.15) is 0 Å². The van der Waals surface area contributed by atoms with Crippen LogP contribution in [0, 0.1) is 5.92 Å². The first-order chi connectivity index (χ1) is 7.11. The van der Waals surface area contributed by atoms with E-state index in [4.69, 9.17) is 0 Å². The van der Waals surface area contributed by atoms with Crippen LogP contribution in [0.25, 0.3) is 0 Å². The smallest absolute Gasteiger partial charge is 0.251 e. The van der Waals surface area contributed by atoms with Crippen LogP contribution in [-0.2, 0) is 12.8 Å². The minimum atomic E-state index is -0.0493. The number of hydrogen-bond donors (Lipinski definition) is 2. The third-order valence-corrected chi connectivity index (χ3v) is 2.07. The lowest BCUT2D eigenvalue weighted by Gasteiger charge is -2.06. The van der Waals surface area contributed by atoms with Crippen molar-refractivity contribution >= 4 is 0 Å². The first-order valence-electron chi connectivity index (χ1n) is 5.35. The molecule has 0 saturated heterocycles. The average molecular weight is 209 g/mol. The fourth-order valence-corrected chi connectivity index (χ4v) is 1.45. The molecule has 0 radical (unpaired) electrons. The molecule has 1 aromatic rings. The number of aromatic amines is 1. The van der Waals surface area contributed by atoms with Gasteiger partial charge in [-0.3, -0.25) is 4.79 Å². The van der Waals surface area contributed by atoms with Gasteiger partial charge in [-0.15, -0.1) is 0 Å². The van der Waals surface area contributed by atoms with E-state index < -0.39 is 0 Å². The topological polar surface area (TPSA) is 57.8 Å². The van der Waals surface area contributed by atoms with Gasteiger partial charge in [0.15, 0.2) is 0 Å². The molecular weight excluding hydrogens is 190 g/mol. The summed E-state index contributed by atoms with van der Waals surface area (Å²) in [5.74, 6) is 1.30. The summed E-state index contributed by atoms with van der Waals surface area (Å²) in [6, 6.07) is 1.59. The van der Waals surface area contributed by atoms with Crippen LogP contribution in [0.5, 0.6) is 0 Å². The molecule has 0 aliphatic carbocycles. The minimum absolute atomic E-state index is 0.0493. The van der Waals surface area contributed by atoms with Crippen molar-refractivity contribution in [1.82, 2.24) is 15.3 Å². The Bertz CT molecular complexity index is 357. The Morgan fingerprint density at radius 2 is 2.27 bits per heavy atom. The van der Waals surface area contributed by atoms with Crippen molar-refractivity contribution in [2.45, 2.75) is 26.7 Å². The van der Waals surface area contributed by atoms with E-state index >= 15 is 0 Å². The molecule has 1 aromatic heterocycles. The molecule has 1 heterocycles. The highest BCUT2D eigenvalue weighted by Gasteiger charge is 2.03. The van der Waals surface area contributed by atoms with Crippen LogP contribution in [-0.4, -0.2) is 23.6 Å². The number of H-pyrrole nitrogens is 1. The van der Waals surface area contributed by atoms with E-state index in [1.54, 1.807) is 6.07 Å². The van der Waals surface area contributed by atoms with E-state index in [0.717, 1.165) is 30.9 Å². The Balaban J connectivity index is 2.80. The summed E-state index contributed by atoms with van der Waals surface area (Å²) in [6.45, 7) is 5.07. The molecule has 4 nitrogen and oxygen atoms in total. The number of likely N-dealkylation sites (N-methyl/N-ethyl adjacent to an activating group) is 1. The van der Waals surface area contributed by atoms with Crippen LogP contribution in [0.2, 0.25) is 0 Å². The Hall–Kier alpha value is -1.16. The van der Waals surface area contributed by atoms with Gasteiger partial charge in [0.25, 0.3) is 5.56 Å². The number of nitrogens with one attached hydrogen (secondary N) is 2. The third-order valence-electron chi connectivity index (χ3n) is 2.07. The largest absolute Gasteiger partial charge is 0.319 e. The average Bonchev–Trinajstić information content (AvgIpc) is 2.12. The van der Waals surface area contributed by atoms with Gasteiger partial charge in [-0.05, 0) is 19.4 Å². The summed E-state index contributed by atoms with van der Waals surface area (Å²) < 4.78 is 0. The minimum Gasteiger partial charge on any atom is -0.319 e. The van der Waals surface area contributed by atoms with Crippen LogP contribution in [0.1, 0.15) is 25.4 Å². The SMILES string of the molecule is CNCCc1nc(CC(C)C)cc(=O)[nH]1. The van der Waals surface area contributed by atoms with Crippen molar-refractivity contribution in [3.63, 3.8) is 0 Å². The summed E-state index contributed by atoms with van der Waals surface area (Å²) in [5.41, 5.74) is 0.839. The Morgan fingerprint density at radius 3 is 2.87 bits per heavy atom. The van der Waals surface area contributed by atoms with Crippen molar-refractivity contribution < 1.29 is 0 Å². The van der Waals surface area contributed by atoms with Crippen molar-refractivity contribution in [3.05, 3.63) is 27.9 Å². The fourth-order valence-electron chi connectivity index (χ4n) is 1.45. The maximum Gasteiger partial charge on any atom is 0.251 e. The van der Waals surface area contributed by atoms with Crippen molar-refractivity contribution in [2.75, 3.05) is 13.6 Å². The standard InChI is InChI=1S/C11H19N3O/c1-8(2)6-9-7-11(15)14-10(13-9)4-5-12-3/h7-8,12H,4-6H2,1-3H3,(H,13,14,15). The van der Waals surface area contributed by atoms with Crippen LogP contribution in [0.15, 0.2) is 10.9 Å². The molecule has 0 aromatic carbocycles. The van der Waals surface area contributed by atoms with E-state index in [0.29, 0.717) is 5.92 Å². The van der Waals surface area contributed by atoms with Gasteiger partial charge >= 0.3 is 0 Å². The summed E-state index contributed by atoms with van der Waals surface area (Å²) in [4.78, 5) is 18.5. The summed E-state index contributed by atoms with van der Waals surface area (Å²) >= 11 is 0. The first kappa shape index (κ1) is 11.9. The molecule has 0 aliphatic rings. The molecule has 0 spiro atoms. The van der Waals surface area contributed by atoms with Crippen molar-refractivity contribution in [2.24, 2.45) is 5.92 Å². The molecule has 0 bridgehead atoms. The highest BCUT2D eigenvalue weighted by molar-refractivity contribution is 5.03. The van der Waals surface area contributed by atoms with Gasteiger partial charge in [-0.1, -0.05) is 13.8 Å². The second kappa shape index (κ2) is 5.66. The van der Waals surface area contributed by atoms with Gasteiger partial charge in [0.1, 0.15) is 5.82 Å². The maximum atomic E-state index is 11.3. The van der Waals surface area contributed by atoms with E-state index in [-0.39, 0.29) is 5.56 Å². The lowest BCUT2D eigenvalue weighted by molar-refractivity contribution is 0.626. The van der Waals surface area contributed by atoms with Gasteiger partial charge < -0.3 is 10.3 Å². The lowest BCUT2D eigenvalue weighted by Crippen LogP contribution is -2.18. The molecule has 0 aliphatic heterocycles. The quantitative estimate of drug-likeness (QED) is 0.751. The number of rotatable bonds is 5. The number of aromatic nitrogens is 2. The fraction of sp³-hybridized carbons (Fsp3) is 0.636. The van der Waals surface area contributed by atoms with Gasteiger partial charge in [-0.25, -0.2) is 4.98 Å². The zero-order chi connectivity index (χ0) is 11.3.